The minimum Gasteiger partial charge on any atom is -0.480 e. The molecule has 5 rings (SSSR count). The molecule has 3 aromatic rings. The number of ether oxygens (including phenoxy) is 1. The summed E-state index contributed by atoms with van der Waals surface area (Å²) in [5, 5.41) is 4.94. The van der Waals surface area contributed by atoms with Gasteiger partial charge in [-0.25, -0.2) is 19.9 Å². The van der Waals surface area contributed by atoms with Crippen LogP contribution in [0, 0.1) is 6.92 Å². The maximum absolute atomic E-state index is 12.8. The number of amides is 1. The summed E-state index contributed by atoms with van der Waals surface area (Å²) in [5.74, 6) is 0.442. The van der Waals surface area contributed by atoms with E-state index in [1.54, 1.807) is 24.2 Å². The van der Waals surface area contributed by atoms with Gasteiger partial charge in [0.15, 0.2) is 11.3 Å². The predicted molar refractivity (Wildman–Crippen MR) is 103 cm³/mol. The Morgan fingerprint density at radius 3 is 2.69 bits per heavy atom. The summed E-state index contributed by atoms with van der Waals surface area (Å²) in [6.07, 6.45) is 8.92. The first-order valence-electron chi connectivity index (χ1n) is 9.42. The van der Waals surface area contributed by atoms with Gasteiger partial charge in [0.05, 0.1) is 24.7 Å². The van der Waals surface area contributed by atoms with Gasteiger partial charge in [-0.1, -0.05) is 6.08 Å². The quantitative estimate of drug-likeness (QED) is 0.642. The Balaban J connectivity index is 1.65. The molecule has 9 heteroatoms. The zero-order chi connectivity index (χ0) is 20.1. The fourth-order valence-corrected chi connectivity index (χ4v) is 3.75. The second kappa shape index (κ2) is 6.54. The molecule has 146 valence electrons. The third-order valence-corrected chi connectivity index (χ3v) is 5.32. The van der Waals surface area contributed by atoms with E-state index in [-0.39, 0.29) is 5.91 Å². The van der Waals surface area contributed by atoms with Crippen LogP contribution in [0.3, 0.4) is 0 Å². The molecule has 1 unspecified atom stereocenters. The van der Waals surface area contributed by atoms with Crippen LogP contribution in [0.15, 0.2) is 23.7 Å². The summed E-state index contributed by atoms with van der Waals surface area (Å²) < 4.78 is 7.14. The van der Waals surface area contributed by atoms with E-state index in [0.717, 1.165) is 29.8 Å². The van der Waals surface area contributed by atoms with Crippen molar-refractivity contribution in [1.29, 1.82) is 0 Å². The van der Waals surface area contributed by atoms with Gasteiger partial charge >= 0.3 is 0 Å². The number of hydrogen-bond acceptors (Lipinski definition) is 7. The average molecular weight is 389 g/mol. The van der Waals surface area contributed by atoms with Gasteiger partial charge in [-0.15, -0.1) is 0 Å². The molecule has 2 aliphatic rings. The molecule has 9 nitrogen and oxygen atoms in total. The first kappa shape index (κ1) is 17.6. The molecule has 0 bridgehead atoms. The number of aromatic nitrogens is 6. The highest BCUT2D eigenvalue weighted by Crippen LogP contribution is 2.44. The summed E-state index contributed by atoms with van der Waals surface area (Å²) in [6.45, 7) is 1.93. The molecule has 0 saturated heterocycles. The lowest BCUT2D eigenvalue weighted by molar-refractivity contribution is -0.118. The van der Waals surface area contributed by atoms with Crippen molar-refractivity contribution in [3.05, 3.63) is 46.4 Å². The Labute approximate surface area is 166 Å². The molecule has 29 heavy (non-hydrogen) atoms. The zero-order valence-electron chi connectivity index (χ0n) is 16.3. The van der Waals surface area contributed by atoms with E-state index in [4.69, 9.17) is 4.74 Å². The van der Waals surface area contributed by atoms with Crippen molar-refractivity contribution in [2.45, 2.75) is 31.6 Å². The van der Waals surface area contributed by atoms with Gasteiger partial charge in [-0.2, -0.15) is 10.1 Å². The van der Waals surface area contributed by atoms with Gasteiger partial charge in [0.1, 0.15) is 17.8 Å². The Morgan fingerprint density at radius 1 is 1.17 bits per heavy atom. The molecule has 0 radical (unpaired) electrons. The highest BCUT2D eigenvalue weighted by molar-refractivity contribution is 5.91. The van der Waals surface area contributed by atoms with Crippen LogP contribution in [0.1, 0.15) is 41.6 Å². The van der Waals surface area contributed by atoms with Crippen molar-refractivity contribution in [3.8, 4) is 17.3 Å². The largest absolute Gasteiger partial charge is 0.480 e. The van der Waals surface area contributed by atoms with Gasteiger partial charge in [0.25, 0.3) is 5.91 Å². The van der Waals surface area contributed by atoms with Crippen LogP contribution in [0.25, 0.3) is 17.5 Å². The van der Waals surface area contributed by atoms with Crippen LogP contribution in [0.5, 0.6) is 5.88 Å². The third-order valence-electron chi connectivity index (χ3n) is 5.32. The second-order valence-electron chi connectivity index (χ2n) is 7.32. The van der Waals surface area contributed by atoms with Crippen LogP contribution >= 0.6 is 0 Å². The number of hydrogen-bond donors (Lipinski definition) is 0. The molecule has 0 aromatic carbocycles. The second-order valence-corrected chi connectivity index (χ2v) is 7.32. The van der Waals surface area contributed by atoms with Crippen molar-refractivity contribution in [2.75, 3.05) is 7.11 Å². The fourth-order valence-electron chi connectivity index (χ4n) is 3.75. The smallest absolute Gasteiger partial charge is 0.260 e. The number of methoxy groups -OCH3 is 1. The molecule has 0 N–H and O–H groups in total. The van der Waals surface area contributed by atoms with E-state index in [0.29, 0.717) is 33.9 Å². The number of carbonyl (C=O) groups is 1. The predicted octanol–water partition coefficient (Wildman–Crippen LogP) is 0.586. The lowest BCUT2D eigenvalue weighted by Gasteiger charge is -2.14. The average Bonchev–Trinajstić information content (AvgIpc) is 3.52. The van der Waals surface area contributed by atoms with Crippen molar-refractivity contribution < 1.29 is 9.53 Å². The lowest BCUT2D eigenvalue weighted by Crippen LogP contribution is -2.37. The minimum absolute atomic E-state index is 0.271. The molecule has 1 aliphatic heterocycles. The molecule has 1 aliphatic carbocycles. The fraction of sp³-hybridized carbons (Fsp3) is 0.350. The maximum Gasteiger partial charge on any atom is 0.260 e. The van der Waals surface area contributed by atoms with E-state index in [1.165, 1.54) is 6.33 Å². The normalized spacial score (nSPS) is 18.0. The molecule has 1 atom stereocenters. The summed E-state index contributed by atoms with van der Waals surface area (Å²) >= 11 is 0. The number of carbonyl (C=O) groups excluding carboxylic acids is 1. The first-order chi connectivity index (χ1) is 14.1. The number of aryl methyl sites for hydroxylation is 2. The van der Waals surface area contributed by atoms with Crippen LogP contribution in [0.4, 0.5) is 0 Å². The molecule has 3 aromatic heterocycles. The van der Waals surface area contributed by atoms with Crippen LogP contribution in [-0.2, 0) is 11.8 Å². The summed E-state index contributed by atoms with van der Waals surface area (Å²) in [7, 11) is 3.38. The number of nitrogens with zero attached hydrogens (tertiary/aromatic N) is 7. The van der Waals surface area contributed by atoms with E-state index in [1.807, 2.05) is 20.0 Å². The van der Waals surface area contributed by atoms with Crippen LogP contribution < -0.4 is 15.4 Å². The molecule has 1 saturated carbocycles. The van der Waals surface area contributed by atoms with E-state index in [2.05, 4.69) is 30.0 Å². The van der Waals surface area contributed by atoms with E-state index >= 15 is 0 Å². The van der Waals surface area contributed by atoms with E-state index < -0.39 is 5.92 Å². The van der Waals surface area contributed by atoms with Gasteiger partial charge in [-0.3, -0.25) is 9.48 Å². The number of rotatable bonds is 4. The van der Waals surface area contributed by atoms with Gasteiger partial charge in [-0.05, 0) is 25.3 Å². The maximum atomic E-state index is 12.8. The first-order valence-corrected chi connectivity index (χ1v) is 9.42. The Hall–Kier alpha value is -3.49. The zero-order valence-corrected chi connectivity index (χ0v) is 16.3. The molecule has 1 amide bonds. The minimum atomic E-state index is -0.499. The molecule has 4 heterocycles. The van der Waals surface area contributed by atoms with Crippen molar-refractivity contribution in [1.82, 2.24) is 29.7 Å². The van der Waals surface area contributed by atoms with Crippen molar-refractivity contribution >= 4 is 12.0 Å². The van der Waals surface area contributed by atoms with Gasteiger partial charge in [0.2, 0.25) is 5.88 Å². The standard InChI is InChI=1S/C20H19N7O2/c1-10-7-24-27(2)16(10)13-6-12-8-21-18(25-17(12)26-19(13)28)14-15(11-4-5-11)22-9-23-20(14)29-3/h6-9,11,13H,4-5H2,1-3H3. The lowest BCUT2D eigenvalue weighted by atomic mass is 9.98. The highest BCUT2D eigenvalue weighted by atomic mass is 16.5. The summed E-state index contributed by atoms with van der Waals surface area (Å²) in [4.78, 5) is 34.8. The van der Waals surface area contributed by atoms with E-state index in [9.17, 15) is 4.79 Å². The monoisotopic (exact) mass is 389 g/mol. The topological polar surface area (TPSA) is 108 Å². The van der Waals surface area contributed by atoms with Crippen molar-refractivity contribution in [3.63, 3.8) is 0 Å². The van der Waals surface area contributed by atoms with Gasteiger partial charge in [0, 0.05) is 24.4 Å². The molecular formula is C20H19N7O2. The molecular weight excluding hydrogens is 370 g/mol. The van der Waals surface area contributed by atoms with Gasteiger partial charge < -0.3 is 4.74 Å². The summed E-state index contributed by atoms with van der Waals surface area (Å²) in [5.41, 5.74) is 3.67. The Morgan fingerprint density at radius 2 is 2.00 bits per heavy atom. The third kappa shape index (κ3) is 2.89. The molecule has 1 fully saturated rings. The highest BCUT2D eigenvalue weighted by Gasteiger charge is 2.32. The number of fused-ring (bicyclic) bond motifs is 1. The molecule has 0 spiro atoms. The van der Waals surface area contributed by atoms with Crippen LogP contribution in [-0.4, -0.2) is 42.7 Å². The SMILES string of the molecule is COc1ncnc(C2CC2)c1-c1ncc2c(n1)=NC(=O)C(c1c(C)cnn1C)C=2. The summed E-state index contributed by atoms with van der Waals surface area (Å²) in [6, 6.07) is 0. The van der Waals surface area contributed by atoms with Crippen LogP contribution in [0.2, 0.25) is 0 Å². The Bertz CT molecular complexity index is 1240. The Kier molecular flexibility index (Phi) is 3.97. The van der Waals surface area contributed by atoms with Crippen molar-refractivity contribution in [2.24, 2.45) is 12.0 Å².